The second-order valence-electron chi connectivity index (χ2n) is 4.86. The Bertz CT molecular complexity index is 214. The van der Waals surface area contributed by atoms with Gasteiger partial charge in [0.25, 0.3) is 0 Å². The summed E-state index contributed by atoms with van der Waals surface area (Å²) in [5, 5.41) is 0. The fraction of sp³-hybridized carbons (Fsp3) is 0.909. The summed E-state index contributed by atoms with van der Waals surface area (Å²) in [5.41, 5.74) is -0.432. The van der Waals surface area contributed by atoms with Crippen LogP contribution in [0.15, 0.2) is 0 Å². The average Bonchev–Trinajstić information content (AvgIpc) is 2.15. The van der Waals surface area contributed by atoms with Crippen molar-refractivity contribution in [2.45, 2.75) is 52.2 Å². The SMILES string of the molecule is CCC1CCN(C(=O)OC(C)(C)C)CO1. The molecule has 1 aliphatic heterocycles. The predicted molar refractivity (Wildman–Crippen MR) is 57.6 cm³/mol. The van der Waals surface area contributed by atoms with Gasteiger partial charge in [0.2, 0.25) is 0 Å². The summed E-state index contributed by atoms with van der Waals surface area (Å²) in [4.78, 5) is 13.2. The van der Waals surface area contributed by atoms with Gasteiger partial charge in [-0.25, -0.2) is 4.79 Å². The first kappa shape index (κ1) is 12.3. The second kappa shape index (κ2) is 4.84. The second-order valence-corrected chi connectivity index (χ2v) is 4.86. The van der Waals surface area contributed by atoms with Gasteiger partial charge in [0, 0.05) is 6.54 Å². The van der Waals surface area contributed by atoms with Crippen LogP contribution in [0, 0.1) is 0 Å². The monoisotopic (exact) mass is 215 g/mol. The summed E-state index contributed by atoms with van der Waals surface area (Å²) in [7, 11) is 0. The molecule has 0 aromatic heterocycles. The van der Waals surface area contributed by atoms with Crippen LogP contribution < -0.4 is 0 Å². The summed E-state index contributed by atoms with van der Waals surface area (Å²) >= 11 is 0. The maximum absolute atomic E-state index is 11.6. The van der Waals surface area contributed by atoms with Crippen molar-refractivity contribution >= 4 is 6.09 Å². The maximum atomic E-state index is 11.6. The van der Waals surface area contributed by atoms with Gasteiger partial charge in [-0.2, -0.15) is 0 Å². The molecule has 1 rings (SSSR count). The van der Waals surface area contributed by atoms with Gasteiger partial charge in [0.1, 0.15) is 12.3 Å². The average molecular weight is 215 g/mol. The number of carbonyl (C=O) groups excluding carboxylic acids is 1. The molecule has 0 N–H and O–H groups in total. The topological polar surface area (TPSA) is 38.8 Å². The molecule has 1 amide bonds. The van der Waals surface area contributed by atoms with Gasteiger partial charge in [0.15, 0.2) is 0 Å². The number of ether oxygens (including phenoxy) is 2. The third-order valence-corrected chi connectivity index (χ3v) is 2.29. The number of hydrogen-bond acceptors (Lipinski definition) is 3. The summed E-state index contributed by atoms with van der Waals surface area (Å²) in [5.74, 6) is 0. The molecule has 0 bridgehead atoms. The van der Waals surface area contributed by atoms with Crippen molar-refractivity contribution in [3.63, 3.8) is 0 Å². The van der Waals surface area contributed by atoms with Crippen LogP contribution in [-0.4, -0.2) is 36.0 Å². The number of hydrogen-bond donors (Lipinski definition) is 0. The van der Waals surface area contributed by atoms with E-state index in [1.165, 1.54) is 0 Å². The highest BCUT2D eigenvalue weighted by atomic mass is 16.6. The van der Waals surface area contributed by atoms with Crippen molar-refractivity contribution < 1.29 is 14.3 Å². The number of amides is 1. The molecule has 4 nitrogen and oxygen atoms in total. The van der Waals surface area contributed by atoms with Gasteiger partial charge in [0.05, 0.1) is 6.10 Å². The molecular formula is C11H21NO3. The van der Waals surface area contributed by atoms with E-state index in [4.69, 9.17) is 9.47 Å². The van der Waals surface area contributed by atoms with Crippen molar-refractivity contribution in [1.82, 2.24) is 4.90 Å². The number of nitrogens with zero attached hydrogens (tertiary/aromatic N) is 1. The van der Waals surface area contributed by atoms with Crippen molar-refractivity contribution in [2.24, 2.45) is 0 Å². The fourth-order valence-corrected chi connectivity index (χ4v) is 1.44. The summed E-state index contributed by atoms with van der Waals surface area (Å²) in [6.07, 6.45) is 1.92. The van der Waals surface area contributed by atoms with Crippen molar-refractivity contribution in [3.8, 4) is 0 Å². The quantitative estimate of drug-likeness (QED) is 0.674. The Morgan fingerprint density at radius 3 is 2.60 bits per heavy atom. The fourth-order valence-electron chi connectivity index (χ4n) is 1.44. The van der Waals surface area contributed by atoms with E-state index in [0.29, 0.717) is 12.8 Å². The molecule has 0 aliphatic carbocycles. The van der Waals surface area contributed by atoms with Crippen LogP contribution in [0.3, 0.4) is 0 Å². The molecule has 1 unspecified atom stereocenters. The molecule has 4 heteroatoms. The molecule has 88 valence electrons. The Hall–Kier alpha value is -0.770. The van der Waals surface area contributed by atoms with Gasteiger partial charge in [-0.15, -0.1) is 0 Å². The van der Waals surface area contributed by atoms with Crippen molar-refractivity contribution in [3.05, 3.63) is 0 Å². The molecular weight excluding hydrogens is 194 g/mol. The van der Waals surface area contributed by atoms with E-state index < -0.39 is 5.60 Å². The molecule has 1 saturated heterocycles. The summed E-state index contributed by atoms with van der Waals surface area (Å²) in [6, 6.07) is 0. The van der Waals surface area contributed by atoms with Gasteiger partial charge in [-0.05, 0) is 33.6 Å². The zero-order chi connectivity index (χ0) is 11.5. The van der Waals surface area contributed by atoms with Crippen molar-refractivity contribution in [1.29, 1.82) is 0 Å². The third kappa shape index (κ3) is 4.08. The molecule has 1 atom stereocenters. The lowest BCUT2D eigenvalue weighted by Crippen LogP contribution is -2.44. The van der Waals surface area contributed by atoms with Crippen LogP contribution in [0.4, 0.5) is 4.79 Å². The lowest BCUT2D eigenvalue weighted by molar-refractivity contribution is -0.0737. The van der Waals surface area contributed by atoms with Crippen LogP contribution in [0.25, 0.3) is 0 Å². The van der Waals surface area contributed by atoms with Crippen molar-refractivity contribution in [2.75, 3.05) is 13.3 Å². The normalized spacial score (nSPS) is 22.7. The Balaban J connectivity index is 2.37. The first-order valence-electron chi connectivity index (χ1n) is 5.52. The lowest BCUT2D eigenvalue weighted by Gasteiger charge is -2.33. The molecule has 0 aromatic carbocycles. The minimum absolute atomic E-state index is 0.281. The largest absolute Gasteiger partial charge is 0.444 e. The minimum Gasteiger partial charge on any atom is -0.444 e. The lowest BCUT2D eigenvalue weighted by atomic mass is 10.2. The predicted octanol–water partition coefficient (Wildman–Crippen LogP) is 2.38. The van der Waals surface area contributed by atoms with Crippen LogP contribution in [0.1, 0.15) is 40.5 Å². The third-order valence-electron chi connectivity index (χ3n) is 2.29. The van der Waals surface area contributed by atoms with Crippen LogP contribution in [-0.2, 0) is 9.47 Å². The van der Waals surface area contributed by atoms with Crippen LogP contribution >= 0.6 is 0 Å². The summed E-state index contributed by atoms with van der Waals surface area (Å²) in [6.45, 7) is 8.77. The molecule has 0 saturated carbocycles. The number of rotatable bonds is 1. The Morgan fingerprint density at radius 2 is 2.20 bits per heavy atom. The Kier molecular flexibility index (Phi) is 3.97. The Labute approximate surface area is 91.5 Å². The van der Waals surface area contributed by atoms with Crippen LogP contribution in [0.2, 0.25) is 0 Å². The van der Waals surface area contributed by atoms with E-state index in [-0.39, 0.29) is 6.09 Å². The van der Waals surface area contributed by atoms with Crippen LogP contribution in [0.5, 0.6) is 0 Å². The van der Waals surface area contributed by atoms with E-state index in [1.54, 1.807) is 4.90 Å². The summed E-state index contributed by atoms with van der Waals surface area (Å²) < 4.78 is 10.8. The number of carbonyl (C=O) groups is 1. The molecule has 15 heavy (non-hydrogen) atoms. The highest BCUT2D eigenvalue weighted by molar-refractivity contribution is 5.68. The molecule has 1 heterocycles. The van der Waals surface area contributed by atoms with E-state index in [2.05, 4.69) is 6.92 Å². The minimum atomic E-state index is -0.432. The molecule has 0 aromatic rings. The molecule has 1 fully saturated rings. The van der Waals surface area contributed by atoms with E-state index in [1.807, 2.05) is 20.8 Å². The molecule has 0 spiro atoms. The van der Waals surface area contributed by atoms with Gasteiger partial charge in [-0.1, -0.05) is 6.92 Å². The first-order chi connectivity index (χ1) is 6.92. The zero-order valence-corrected chi connectivity index (χ0v) is 10.1. The maximum Gasteiger partial charge on any atom is 0.412 e. The van der Waals surface area contributed by atoms with E-state index >= 15 is 0 Å². The van der Waals surface area contributed by atoms with Gasteiger partial charge >= 0.3 is 6.09 Å². The highest BCUT2D eigenvalue weighted by Crippen LogP contribution is 2.15. The van der Waals surface area contributed by atoms with E-state index in [0.717, 1.165) is 19.4 Å². The van der Waals surface area contributed by atoms with E-state index in [9.17, 15) is 4.79 Å². The zero-order valence-electron chi connectivity index (χ0n) is 10.1. The smallest absolute Gasteiger partial charge is 0.412 e. The molecule has 1 aliphatic rings. The highest BCUT2D eigenvalue weighted by Gasteiger charge is 2.26. The van der Waals surface area contributed by atoms with Gasteiger partial charge < -0.3 is 9.47 Å². The standard InChI is InChI=1S/C11H21NO3/c1-5-9-6-7-12(8-14-9)10(13)15-11(2,3)4/h9H,5-8H2,1-4H3. The Morgan fingerprint density at radius 1 is 1.53 bits per heavy atom. The van der Waals surface area contributed by atoms with Gasteiger partial charge in [-0.3, -0.25) is 4.90 Å². The molecule has 0 radical (unpaired) electrons. The first-order valence-corrected chi connectivity index (χ1v) is 5.52.